The summed E-state index contributed by atoms with van der Waals surface area (Å²) in [7, 11) is 1.34. The van der Waals surface area contributed by atoms with Gasteiger partial charge in [0.1, 0.15) is 6.04 Å². The molecule has 0 saturated carbocycles. The van der Waals surface area contributed by atoms with E-state index in [0.717, 1.165) is 25.7 Å². The van der Waals surface area contributed by atoms with Crippen molar-refractivity contribution in [1.82, 2.24) is 10.6 Å². The number of ether oxygens (including phenoxy) is 1. The fourth-order valence-electron chi connectivity index (χ4n) is 2.46. The fourth-order valence-corrected chi connectivity index (χ4v) is 2.46. The van der Waals surface area contributed by atoms with Crippen molar-refractivity contribution in [2.75, 3.05) is 13.7 Å². The molecule has 1 rings (SSSR count). The highest BCUT2D eigenvalue weighted by atomic mass is 16.5. The predicted molar refractivity (Wildman–Crippen MR) is 83.0 cm³/mol. The molecule has 0 aliphatic heterocycles. The van der Waals surface area contributed by atoms with Gasteiger partial charge >= 0.3 is 12.0 Å². The second-order valence-corrected chi connectivity index (χ2v) is 5.64. The Morgan fingerprint density at radius 1 is 1.38 bits per heavy atom. The van der Waals surface area contributed by atoms with E-state index in [1.807, 2.05) is 13.8 Å². The number of carbonyl (C=O) groups is 2. The lowest BCUT2D eigenvalue weighted by molar-refractivity contribution is -0.144. The van der Waals surface area contributed by atoms with Gasteiger partial charge < -0.3 is 15.4 Å². The average molecular weight is 296 g/mol. The summed E-state index contributed by atoms with van der Waals surface area (Å²) in [5.41, 5.74) is 1.42. The van der Waals surface area contributed by atoms with E-state index in [2.05, 4.69) is 16.7 Å². The van der Waals surface area contributed by atoms with E-state index in [0.29, 0.717) is 6.54 Å². The Balaban J connectivity index is 2.36. The minimum atomic E-state index is -0.589. The monoisotopic (exact) mass is 296 g/mol. The van der Waals surface area contributed by atoms with Gasteiger partial charge in [0.05, 0.1) is 7.11 Å². The van der Waals surface area contributed by atoms with Gasteiger partial charge in [-0.3, -0.25) is 0 Å². The molecule has 0 fully saturated rings. The summed E-state index contributed by atoms with van der Waals surface area (Å²) in [6.07, 6.45) is 8.77. The minimum Gasteiger partial charge on any atom is -0.467 e. The van der Waals surface area contributed by atoms with Crippen molar-refractivity contribution in [3.05, 3.63) is 11.6 Å². The van der Waals surface area contributed by atoms with E-state index in [4.69, 9.17) is 4.74 Å². The van der Waals surface area contributed by atoms with Gasteiger partial charge in [-0.15, -0.1) is 0 Å². The van der Waals surface area contributed by atoms with Crippen LogP contribution in [0, 0.1) is 5.92 Å². The summed E-state index contributed by atoms with van der Waals surface area (Å²) in [4.78, 5) is 23.6. The normalized spacial score (nSPS) is 17.4. The summed E-state index contributed by atoms with van der Waals surface area (Å²) < 4.78 is 4.75. The van der Waals surface area contributed by atoms with Gasteiger partial charge in [0.25, 0.3) is 0 Å². The standard InChI is InChI=1S/C16H28N2O3/c1-4-12(2)14(15(19)21-3)18-16(20)17-11-10-13-8-6-5-7-9-13/h8,12,14H,4-7,9-11H2,1-3H3,(H2,17,18,20)/t12-,14-/m0/s1. The zero-order valence-corrected chi connectivity index (χ0v) is 13.4. The van der Waals surface area contributed by atoms with Crippen LogP contribution in [-0.4, -0.2) is 31.7 Å². The lowest BCUT2D eigenvalue weighted by Crippen LogP contribution is -2.49. The lowest BCUT2D eigenvalue weighted by atomic mass is 9.97. The van der Waals surface area contributed by atoms with Gasteiger partial charge in [0, 0.05) is 6.54 Å². The molecule has 2 amide bonds. The summed E-state index contributed by atoms with van der Waals surface area (Å²) in [5.74, 6) is -0.348. The van der Waals surface area contributed by atoms with Crippen LogP contribution in [0.4, 0.5) is 4.79 Å². The first-order valence-corrected chi connectivity index (χ1v) is 7.88. The van der Waals surface area contributed by atoms with Gasteiger partial charge in [-0.2, -0.15) is 0 Å². The molecular weight excluding hydrogens is 268 g/mol. The molecule has 5 heteroatoms. The lowest BCUT2D eigenvalue weighted by Gasteiger charge is -2.22. The number of allylic oxidation sites excluding steroid dienone is 1. The van der Waals surface area contributed by atoms with Crippen LogP contribution in [-0.2, 0) is 9.53 Å². The molecule has 0 aromatic rings. The third-order valence-electron chi connectivity index (χ3n) is 4.07. The fraction of sp³-hybridized carbons (Fsp3) is 0.750. The summed E-state index contributed by atoms with van der Waals surface area (Å²) in [5, 5.41) is 5.53. The predicted octanol–water partition coefficient (Wildman–Crippen LogP) is 2.76. The Morgan fingerprint density at radius 3 is 2.71 bits per heavy atom. The molecule has 0 aromatic heterocycles. The number of urea groups is 1. The first-order chi connectivity index (χ1) is 10.1. The highest BCUT2D eigenvalue weighted by Gasteiger charge is 2.26. The molecule has 0 aromatic carbocycles. The maximum Gasteiger partial charge on any atom is 0.328 e. The van der Waals surface area contributed by atoms with Gasteiger partial charge in [-0.05, 0) is 38.0 Å². The van der Waals surface area contributed by atoms with Gasteiger partial charge in [0.2, 0.25) is 0 Å². The first kappa shape index (κ1) is 17.5. The molecule has 1 aliphatic carbocycles. The SMILES string of the molecule is CC[C@H](C)[C@H](NC(=O)NCCC1=CCCCC1)C(=O)OC. The number of carbonyl (C=O) groups excluding carboxylic acids is 2. The van der Waals surface area contributed by atoms with E-state index in [-0.39, 0.29) is 11.9 Å². The van der Waals surface area contributed by atoms with E-state index in [1.54, 1.807) is 0 Å². The second kappa shape index (κ2) is 9.42. The molecule has 0 saturated heterocycles. The molecule has 0 unspecified atom stereocenters. The molecule has 2 atom stereocenters. The number of rotatable bonds is 7. The zero-order chi connectivity index (χ0) is 15.7. The van der Waals surface area contributed by atoms with Crippen molar-refractivity contribution in [1.29, 1.82) is 0 Å². The highest BCUT2D eigenvalue weighted by Crippen LogP contribution is 2.19. The number of amides is 2. The summed E-state index contributed by atoms with van der Waals surface area (Å²) in [6.45, 7) is 4.51. The zero-order valence-electron chi connectivity index (χ0n) is 13.4. The van der Waals surface area contributed by atoms with Crippen molar-refractivity contribution in [2.24, 2.45) is 5.92 Å². The molecule has 21 heavy (non-hydrogen) atoms. The molecule has 0 radical (unpaired) electrons. The van der Waals surface area contributed by atoms with Crippen LogP contribution < -0.4 is 10.6 Å². The van der Waals surface area contributed by atoms with Crippen LogP contribution in [0.15, 0.2) is 11.6 Å². The number of hydrogen-bond acceptors (Lipinski definition) is 3. The van der Waals surface area contributed by atoms with E-state index in [9.17, 15) is 9.59 Å². The molecule has 2 N–H and O–H groups in total. The van der Waals surface area contributed by atoms with Gasteiger partial charge in [-0.1, -0.05) is 31.9 Å². The Hall–Kier alpha value is -1.52. The molecule has 5 nitrogen and oxygen atoms in total. The average Bonchev–Trinajstić information content (AvgIpc) is 2.52. The largest absolute Gasteiger partial charge is 0.467 e. The van der Waals surface area contributed by atoms with Crippen molar-refractivity contribution in [3.63, 3.8) is 0 Å². The van der Waals surface area contributed by atoms with Crippen molar-refractivity contribution < 1.29 is 14.3 Å². The topological polar surface area (TPSA) is 67.4 Å². The molecule has 0 spiro atoms. The van der Waals surface area contributed by atoms with Crippen LogP contribution in [0.2, 0.25) is 0 Å². The Morgan fingerprint density at radius 2 is 2.14 bits per heavy atom. The van der Waals surface area contributed by atoms with Gasteiger partial charge in [-0.25, -0.2) is 9.59 Å². The maximum atomic E-state index is 11.9. The smallest absolute Gasteiger partial charge is 0.328 e. The summed E-state index contributed by atoms with van der Waals surface area (Å²) in [6, 6.07) is -0.893. The number of hydrogen-bond donors (Lipinski definition) is 2. The Labute approximate surface area is 127 Å². The molecule has 0 bridgehead atoms. The molecular formula is C16H28N2O3. The second-order valence-electron chi connectivity index (χ2n) is 5.64. The van der Waals surface area contributed by atoms with E-state index in [1.165, 1.54) is 25.5 Å². The van der Waals surface area contributed by atoms with Crippen LogP contribution in [0.3, 0.4) is 0 Å². The third kappa shape index (κ3) is 6.19. The van der Waals surface area contributed by atoms with Crippen molar-refractivity contribution in [3.8, 4) is 0 Å². The van der Waals surface area contributed by atoms with Crippen LogP contribution in [0.25, 0.3) is 0 Å². The number of methoxy groups -OCH3 is 1. The first-order valence-electron chi connectivity index (χ1n) is 7.88. The minimum absolute atomic E-state index is 0.0456. The maximum absolute atomic E-state index is 11.9. The number of esters is 1. The molecule has 120 valence electrons. The van der Waals surface area contributed by atoms with Crippen LogP contribution in [0.1, 0.15) is 52.4 Å². The van der Waals surface area contributed by atoms with Crippen LogP contribution in [0.5, 0.6) is 0 Å². The Bertz CT molecular complexity index is 380. The number of nitrogens with one attached hydrogen (secondary N) is 2. The third-order valence-corrected chi connectivity index (χ3v) is 4.07. The van der Waals surface area contributed by atoms with Gasteiger partial charge in [0.15, 0.2) is 0 Å². The quantitative estimate of drug-likeness (QED) is 0.561. The van der Waals surface area contributed by atoms with Crippen molar-refractivity contribution in [2.45, 2.75) is 58.4 Å². The molecule has 0 heterocycles. The van der Waals surface area contributed by atoms with Crippen molar-refractivity contribution >= 4 is 12.0 Å². The van der Waals surface area contributed by atoms with E-state index >= 15 is 0 Å². The Kier molecular flexibility index (Phi) is 7.87. The molecule has 1 aliphatic rings. The summed E-state index contributed by atoms with van der Waals surface area (Å²) >= 11 is 0. The van der Waals surface area contributed by atoms with Crippen LogP contribution >= 0.6 is 0 Å². The van der Waals surface area contributed by atoms with E-state index < -0.39 is 12.0 Å². The highest BCUT2D eigenvalue weighted by molar-refractivity contribution is 5.83.